The monoisotopic (exact) mass is 236 g/mol. The van der Waals surface area contributed by atoms with Crippen molar-refractivity contribution in [2.24, 2.45) is 23.6 Å². The molecule has 4 unspecified atom stereocenters. The summed E-state index contributed by atoms with van der Waals surface area (Å²) < 4.78 is 5.39. The van der Waals surface area contributed by atoms with Crippen molar-refractivity contribution in [2.75, 3.05) is 0 Å². The lowest BCUT2D eigenvalue weighted by Crippen LogP contribution is -2.37. The molecule has 0 aromatic carbocycles. The van der Waals surface area contributed by atoms with Crippen LogP contribution in [-0.4, -0.2) is 0 Å². The largest absolute Gasteiger partial charge is 0.469 e. The molecule has 4 atom stereocenters. The summed E-state index contributed by atoms with van der Waals surface area (Å²) >= 11 is 0. The molecule has 1 aliphatic rings. The van der Waals surface area contributed by atoms with Crippen LogP contribution in [0.5, 0.6) is 0 Å². The molecule has 17 heavy (non-hydrogen) atoms. The van der Waals surface area contributed by atoms with E-state index < -0.39 is 0 Å². The Balaban J connectivity index is 2.12. The van der Waals surface area contributed by atoms with E-state index in [0.717, 1.165) is 17.6 Å². The van der Waals surface area contributed by atoms with Gasteiger partial charge >= 0.3 is 0 Å². The quantitative estimate of drug-likeness (QED) is 0.626. The highest BCUT2D eigenvalue weighted by molar-refractivity contribution is 5.21. The molecule has 3 heteroatoms. The first-order valence-electron chi connectivity index (χ1n) is 6.63. The molecule has 96 valence electrons. The smallest absolute Gasteiger partial charge is 0.105 e. The third kappa shape index (κ3) is 2.55. The van der Waals surface area contributed by atoms with E-state index in [4.69, 9.17) is 10.3 Å². The zero-order chi connectivity index (χ0) is 12.4. The summed E-state index contributed by atoms with van der Waals surface area (Å²) in [6.45, 7) is 6.72. The summed E-state index contributed by atoms with van der Waals surface area (Å²) in [5.41, 5.74) is 4.21. The average Bonchev–Trinajstić information content (AvgIpc) is 2.71. The van der Waals surface area contributed by atoms with Crippen molar-refractivity contribution >= 4 is 0 Å². The van der Waals surface area contributed by atoms with Crippen LogP contribution in [0.3, 0.4) is 0 Å². The van der Waals surface area contributed by atoms with Gasteiger partial charge in [-0.1, -0.05) is 20.3 Å². The molecule has 0 saturated heterocycles. The Kier molecular flexibility index (Phi) is 3.89. The number of nitrogens with one attached hydrogen (secondary N) is 1. The van der Waals surface area contributed by atoms with Crippen molar-refractivity contribution in [1.29, 1.82) is 0 Å². The maximum Gasteiger partial charge on any atom is 0.105 e. The first-order valence-corrected chi connectivity index (χ1v) is 6.63. The van der Waals surface area contributed by atoms with Crippen molar-refractivity contribution in [3.8, 4) is 0 Å². The summed E-state index contributed by atoms with van der Waals surface area (Å²) in [4.78, 5) is 0. The second-order valence-corrected chi connectivity index (χ2v) is 5.60. The summed E-state index contributed by atoms with van der Waals surface area (Å²) in [6.07, 6.45) is 5.57. The molecule has 3 N–H and O–H groups in total. The predicted molar refractivity (Wildman–Crippen MR) is 69.2 cm³/mol. The maximum atomic E-state index is 5.75. The minimum absolute atomic E-state index is 0.240. The van der Waals surface area contributed by atoms with E-state index in [9.17, 15) is 0 Å². The number of hydrogen-bond donors (Lipinski definition) is 2. The van der Waals surface area contributed by atoms with Crippen LogP contribution in [0.4, 0.5) is 0 Å². The predicted octanol–water partition coefficient (Wildman–Crippen LogP) is 3.16. The SMILES string of the molecule is Cc1occc1C(NN)C1CCC(C)C(C)C1. The van der Waals surface area contributed by atoms with Gasteiger partial charge in [-0.25, -0.2) is 0 Å². The van der Waals surface area contributed by atoms with Crippen molar-refractivity contribution in [2.45, 2.75) is 46.1 Å². The topological polar surface area (TPSA) is 51.2 Å². The fourth-order valence-electron chi connectivity index (χ4n) is 3.09. The number of aryl methyl sites for hydroxylation is 1. The third-order valence-corrected chi connectivity index (χ3v) is 4.52. The first-order chi connectivity index (χ1) is 8.13. The van der Waals surface area contributed by atoms with Gasteiger partial charge in [0, 0.05) is 5.56 Å². The maximum absolute atomic E-state index is 5.75. The van der Waals surface area contributed by atoms with Gasteiger partial charge in [-0.15, -0.1) is 0 Å². The zero-order valence-electron chi connectivity index (χ0n) is 11.1. The summed E-state index contributed by atoms with van der Waals surface area (Å²) in [5, 5.41) is 0. The fraction of sp³-hybridized carbons (Fsp3) is 0.714. The van der Waals surface area contributed by atoms with Crippen molar-refractivity contribution < 1.29 is 4.42 Å². The van der Waals surface area contributed by atoms with E-state index in [1.807, 2.05) is 13.0 Å². The minimum Gasteiger partial charge on any atom is -0.469 e. The van der Waals surface area contributed by atoms with Crippen LogP contribution in [0.25, 0.3) is 0 Å². The van der Waals surface area contributed by atoms with Gasteiger partial charge in [0.25, 0.3) is 0 Å². The van der Waals surface area contributed by atoms with E-state index in [1.165, 1.54) is 24.8 Å². The van der Waals surface area contributed by atoms with E-state index in [-0.39, 0.29) is 6.04 Å². The molecular formula is C14H24N2O. The first kappa shape index (κ1) is 12.7. The van der Waals surface area contributed by atoms with Gasteiger partial charge < -0.3 is 4.42 Å². The van der Waals surface area contributed by atoms with E-state index in [2.05, 4.69) is 19.3 Å². The third-order valence-electron chi connectivity index (χ3n) is 4.52. The molecule has 1 aliphatic carbocycles. The molecule has 1 heterocycles. The number of hydrazine groups is 1. The van der Waals surface area contributed by atoms with Gasteiger partial charge in [-0.05, 0) is 43.6 Å². The highest BCUT2D eigenvalue weighted by atomic mass is 16.3. The van der Waals surface area contributed by atoms with E-state index in [0.29, 0.717) is 5.92 Å². The van der Waals surface area contributed by atoms with Gasteiger partial charge in [0.2, 0.25) is 0 Å². The van der Waals surface area contributed by atoms with Crippen LogP contribution >= 0.6 is 0 Å². The number of rotatable bonds is 3. The molecule has 0 bridgehead atoms. The van der Waals surface area contributed by atoms with Crippen molar-refractivity contribution in [3.63, 3.8) is 0 Å². The molecule has 3 nitrogen and oxygen atoms in total. The Hall–Kier alpha value is -0.800. The molecular weight excluding hydrogens is 212 g/mol. The number of nitrogens with two attached hydrogens (primary N) is 1. The fourth-order valence-corrected chi connectivity index (χ4v) is 3.09. The Labute approximate surface area is 104 Å². The van der Waals surface area contributed by atoms with Crippen LogP contribution in [0.2, 0.25) is 0 Å². The minimum atomic E-state index is 0.240. The Bertz CT molecular complexity index is 361. The van der Waals surface area contributed by atoms with E-state index >= 15 is 0 Å². The molecule has 1 aromatic heterocycles. The molecule has 1 saturated carbocycles. The van der Waals surface area contributed by atoms with Gasteiger partial charge in [0.05, 0.1) is 12.3 Å². The normalized spacial score (nSPS) is 31.4. The van der Waals surface area contributed by atoms with Gasteiger partial charge in [-0.3, -0.25) is 11.3 Å². The lowest BCUT2D eigenvalue weighted by atomic mass is 9.72. The van der Waals surface area contributed by atoms with Crippen LogP contribution in [0.15, 0.2) is 16.7 Å². The zero-order valence-corrected chi connectivity index (χ0v) is 11.1. The molecule has 0 amide bonds. The van der Waals surface area contributed by atoms with Crippen LogP contribution in [0, 0.1) is 24.7 Å². The Morgan fingerprint density at radius 3 is 2.65 bits per heavy atom. The summed E-state index contributed by atoms with van der Waals surface area (Å²) in [5.74, 6) is 9.00. The molecule has 1 aromatic rings. The second kappa shape index (κ2) is 5.23. The lowest BCUT2D eigenvalue weighted by molar-refractivity contribution is 0.170. The van der Waals surface area contributed by atoms with Crippen molar-refractivity contribution in [3.05, 3.63) is 23.7 Å². The number of furan rings is 1. The van der Waals surface area contributed by atoms with Gasteiger partial charge in [-0.2, -0.15) is 0 Å². The van der Waals surface area contributed by atoms with E-state index in [1.54, 1.807) is 6.26 Å². The summed E-state index contributed by atoms with van der Waals surface area (Å²) in [7, 11) is 0. The molecule has 0 radical (unpaired) electrons. The highest BCUT2D eigenvalue weighted by Crippen LogP contribution is 2.40. The molecule has 1 fully saturated rings. The average molecular weight is 236 g/mol. The molecule has 0 aliphatic heterocycles. The van der Waals surface area contributed by atoms with Crippen LogP contribution in [-0.2, 0) is 0 Å². The van der Waals surface area contributed by atoms with Crippen LogP contribution in [0.1, 0.15) is 50.5 Å². The Morgan fingerprint density at radius 1 is 1.35 bits per heavy atom. The second-order valence-electron chi connectivity index (χ2n) is 5.60. The van der Waals surface area contributed by atoms with Crippen LogP contribution < -0.4 is 11.3 Å². The lowest BCUT2D eigenvalue weighted by Gasteiger charge is -2.36. The molecule has 0 spiro atoms. The highest BCUT2D eigenvalue weighted by Gasteiger charge is 2.31. The van der Waals surface area contributed by atoms with Gasteiger partial charge in [0.15, 0.2) is 0 Å². The standard InChI is InChI=1S/C14H24N2O/c1-9-4-5-12(8-10(9)2)14(16-15)13-6-7-17-11(13)3/h6-7,9-10,12,14,16H,4-5,8,15H2,1-3H3. The Morgan fingerprint density at radius 2 is 2.12 bits per heavy atom. The number of hydrogen-bond acceptors (Lipinski definition) is 3. The van der Waals surface area contributed by atoms with Crippen molar-refractivity contribution in [1.82, 2.24) is 5.43 Å². The molecule has 2 rings (SSSR count). The van der Waals surface area contributed by atoms with Gasteiger partial charge in [0.1, 0.15) is 5.76 Å². The summed E-state index contributed by atoms with van der Waals surface area (Å²) in [6, 6.07) is 2.28.